The van der Waals surface area contributed by atoms with E-state index < -0.39 is 0 Å². The Kier molecular flexibility index (Phi) is 7.27. The lowest BCUT2D eigenvalue weighted by molar-refractivity contribution is 0.669. The second kappa shape index (κ2) is 12.8. The van der Waals surface area contributed by atoms with E-state index in [1.54, 1.807) is 0 Å². The molecule has 0 bridgehead atoms. The molecule has 0 spiro atoms. The first-order valence-corrected chi connectivity index (χ1v) is 18.8. The molecule has 0 saturated carbocycles. The number of allylic oxidation sites excluding steroid dienone is 1. The molecule has 2 heterocycles. The summed E-state index contributed by atoms with van der Waals surface area (Å²) in [6.07, 6.45) is 6.71. The summed E-state index contributed by atoms with van der Waals surface area (Å²) in [5.74, 6) is 1.85. The molecule has 2 aromatic heterocycles. The van der Waals surface area contributed by atoms with Crippen LogP contribution in [0.2, 0.25) is 0 Å². The van der Waals surface area contributed by atoms with E-state index in [2.05, 4.69) is 164 Å². The first kappa shape index (κ1) is 31.4. The maximum atomic E-state index is 6.56. The molecule has 55 heavy (non-hydrogen) atoms. The van der Waals surface area contributed by atoms with E-state index in [0.717, 1.165) is 73.5 Å². The van der Waals surface area contributed by atoms with Crippen molar-refractivity contribution in [3.8, 4) is 56.4 Å². The van der Waals surface area contributed by atoms with Crippen molar-refractivity contribution in [3.63, 3.8) is 0 Å². The molecular formula is C51H33N3O. The van der Waals surface area contributed by atoms with Gasteiger partial charge in [0, 0.05) is 27.5 Å². The summed E-state index contributed by atoms with van der Waals surface area (Å²) in [4.78, 5) is 15.5. The molecule has 0 N–H and O–H groups in total. The van der Waals surface area contributed by atoms with Crippen molar-refractivity contribution in [1.29, 1.82) is 0 Å². The van der Waals surface area contributed by atoms with Crippen LogP contribution in [0.3, 0.4) is 0 Å². The van der Waals surface area contributed by atoms with Crippen molar-refractivity contribution in [2.75, 3.05) is 0 Å². The van der Waals surface area contributed by atoms with E-state index in [0.29, 0.717) is 17.5 Å². The largest absolute Gasteiger partial charge is 0.456 e. The van der Waals surface area contributed by atoms with Gasteiger partial charge in [-0.15, -0.1) is 0 Å². The Bertz CT molecular complexity index is 3150. The van der Waals surface area contributed by atoms with Crippen molar-refractivity contribution in [2.45, 2.75) is 12.8 Å². The van der Waals surface area contributed by atoms with Gasteiger partial charge in [0.1, 0.15) is 11.2 Å². The maximum absolute atomic E-state index is 6.56. The van der Waals surface area contributed by atoms with Crippen LogP contribution in [-0.4, -0.2) is 15.0 Å². The number of fused-ring (bicyclic) bond motifs is 6. The minimum absolute atomic E-state index is 0.602. The lowest BCUT2D eigenvalue weighted by Gasteiger charge is -2.13. The number of furan rings is 1. The van der Waals surface area contributed by atoms with Crippen LogP contribution < -0.4 is 0 Å². The SMILES string of the molecule is C1=Cc2cc(-c3ccc(-c4nc(-c5ccc6ccccc6c5)nc(-c5cccc6oc7cc(-c8ccc9ccccc9c8)ccc7c56)n4)cc3)ccc2CC1. The van der Waals surface area contributed by atoms with Crippen LogP contribution in [0.5, 0.6) is 0 Å². The van der Waals surface area contributed by atoms with Gasteiger partial charge in [-0.1, -0.05) is 140 Å². The lowest BCUT2D eigenvalue weighted by Crippen LogP contribution is -2.00. The highest BCUT2D eigenvalue weighted by atomic mass is 16.3. The lowest BCUT2D eigenvalue weighted by atomic mass is 9.93. The normalized spacial score (nSPS) is 12.5. The second-order valence-corrected chi connectivity index (χ2v) is 14.4. The van der Waals surface area contributed by atoms with Gasteiger partial charge in [0.05, 0.1) is 0 Å². The fourth-order valence-corrected chi connectivity index (χ4v) is 8.06. The van der Waals surface area contributed by atoms with Crippen molar-refractivity contribution < 1.29 is 4.42 Å². The smallest absolute Gasteiger partial charge is 0.164 e. The van der Waals surface area contributed by atoms with Crippen LogP contribution in [0.1, 0.15) is 17.5 Å². The van der Waals surface area contributed by atoms with E-state index in [1.165, 1.54) is 32.8 Å². The third-order valence-corrected chi connectivity index (χ3v) is 11.0. The zero-order chi connectivity index (χ0) is 36.3. The third kappa shape index (κ3) is 5.58. The van der Waals surface area contributed by atoms with Gasteiger partial charge in [-0.05, 0) is 104 Å². The van der Waals surface area contributed by atoms with Crippen LogP contribution in [-0.2, 0) is 6.42 Å². The number of rotatable bonds is 5. The molecule has 0 aliphatic heterocycles. The van der Waals surface area contributed by atoms with Crippen molar-refractivity contribution in [3.05, 3.63) is 181 Å². The highest BCUT2D eigenvalue weighted by Crippen LogP contribution is 2.39. The molecule has 0 unspecified atom stereocenters. The fraction of sp³-hybridized carbons (Fsp3) is 0.0392. The summed E-state index contributed by atoms with van der Waals surface area (Å²) >= 11 is 0. The Morgan fingerprint density at radius 1 is 0.418 bits per heavy atom. The zero-order valence-electron chi connectivity index (χ0n) is 29.9. The van der Waals surface area contributed by atoms with E-state index in [4.69, 9.17) is 19.4 Å². The first-order valence-electron chi connectivity index (χ1n) is 18.8. The van der Waals surface area contributed by atoms with Gasteiger partial charge in [-0.25, -0.2) is 15.0 Å². The second-order valence-electron chi connectivity index (χ2n) is 14.4. The highest BCUT2D eigenvalue weighted by molar-refractivity contribution is 6.12. The van der Waals surface area contributed by atoms with Gasteiger partial charge < -0.3 is 4.42 Å². The van der Waals surface area contributed by atoms with Gasteiger partial charge >= 0.3 is 0 Å². The average molecular weight is 704 g/mol. The van der Waals surface area contributed by atoms with E-state index in [-0.39, 0.29) is 0 Å². The Labute approximate surface area is 318 Å². The Morgan fingerprint density at radius 3 is 1.82 bits per heavy atom. The molecular weight excluding hydrogens is 671 g/mol. The summed E-state index contributed by atoms with van der Waals surface area (Å²) < 4.78 is 6.56. The molecule has 0 saturated heterocycles. The summed E-state index contributed by atoms with van der Waals surface area (Å²) in [6, 6.07) is 57.8. The maximum Gasteiger partial charge on any atom is 0.164 e. The molecule has 11 rings (SSSR count). The molecule has 10 aromatic rings. The van der Waals surface area contributed by atoms with Crippen LogP contribution in [0, 0.1) is 0 Å². The number of nitrogens with zero attached hydrogens (tertiary/aromatic N) is 3. The molecule has 258 valence electrons. The highest BCUT2D eigenvalue weighted by Gasteiger charge is 2.19. The molecule has 0 amide bonds. The molecule has 4 heteroatoms. The van der Waals surface area contributed by atoms with Crippen LogP contribution in [0.4, 0.5) is 0 Å². The Morgan fingerprint density at radius 2 is 1.02 bits per heavy atom. The van der Waals surface area contributed by atoms with Crippen LogP contribution in [0.25, 0.3) is 106 Å². The van der Waals surface area contributed by atoms with E-state index >= 15 is 0 Å². The molecule has 8 aromatic carbocycles. The predicted molar refractivity (Wildman–Crippen MR) is 227 cm³/mol. The fourth-order valence-electron chi connectivity index (χ4n) is 8.06. The molecule has 0 atom stereocenters. The van der Waals surface area contributed by atoms with Crippen LogP contribution in [0.15, 0.2) is 174 Å². The summed E-state index contributed by atoms with van der Waals surface area (Å²) in [6.45, 7) is 0. The average Bonchev–Trinajstić information content (AvgIpc) is 3.64. The van der Waals surface area contributed by atoms with Gasteiger partial charge in [-0.3, -0.25) is 0 Å². The van der Waals surface area contributed by atoms with E-state index in [9.17, 15) is 0 Å². The monoisotopic (exact) mass is 703 g/mol. The molecule has 1 aliphatic rings. The number of benzene rings is 8. The molecule has 4 nitrogen and oxygen atoms in total. The minimum atomic E-state index is 0.602. The topological polar surface area (TPSA) is 51.8 Å². The molecule has 0 fully saturated rings. The first-order chi connectivity index (χ1) is 27.2. The number of hydrogen-bond acceptors (Lipinski definition) is 4. The van der Waals surface area contributed by atoms with Gasteiger partial charge in [0.25, 0.3) is 0 Å². The van der Waals surface area contributed by atoms with Gasteiger partial charge in [-0.2, -0.15) is 0 Å². The van der Waals surface area contributed by atoms with E-state index in [1.807, 2.05) is 12.1 Å². The van der Waals surface area contributed by atoms with Crippen molar-refractivity contribution in [2.24, 2.45) is 0 Å². The third-order valence-electron chi connectivity index (χ3n) is 11.0. The zero-order valence-corrected chi connectivity index (χ0v) is 29.9. The quantitative estimate of drug-likeness (QED) is 0.179. The number of aromatic nitrogens is 3. The van der Waals surface area contributed by atoms with Crippen LogP contribution >= 0.6 is 0 Å². The number of hydrogen-bond donors (Lipinski definition) is 0. The predicted octanol–water partition coefficient (Wildman–Crippen LogP) is 13.4. The van der Waals surface area contributed by atoms with Gasteiger partial charge in [0.15, 0.2) is 17.5 Å². The standard InChI is InChI=1S/C51H33N3O/c1-4-11-37-28-40(23-18-32(37)8-1)35-16-21-36(22-17-35)49-52-50(43-25-20-34-10-3-6-13-39(34)30-43)54-51(53-49)45-14-7-15-46-48(45)44-27-26-42(31-47(44)55-46)41-24-19-33-9-2-5-12-38(33)29-41/h2-7,9-31H,1,8H2. The van der Waals surface area contributed by atoms with Crippen molar-refractivity contribution in [1.82, 2.24) is 15.0 Å². The number of aryl methyl sites for hydroxylation is 1. The van der Waals surface area contributed by atoms with Crippen molar-refractivity contribution >= 4 is 49.6 Å². The Balaban J connectivity index is 1.04. The summed E-state index contributed by atoms with van der Waals surface area (Å²) in [7, 11) is 0. The van der Waals surface area contributed by atoms with Gasteiger partial charge in [0.2, 0.25) is 0 Å². The summed E-state index contributed by atoms with van der Waals surface area (Å²) in [5.41, 5.74) is 11.7. The Hall–Kier alpha value is -7.17. The summed E-state index contributed by atoms with van der Waals surface area (Å²) in [5, 5.41) is 6.76. The minimum Gasteiger partial charge on any atom is -0.456 e. The molecule has 1 aliphatic carbocycles. The molecule has 0 radical (unpaired) electrons.